The molecule has 19 heteroatoms. The minimum Gasteiger partial charge on any atom is -0.462 e. The summed E-state index contributed by atoms with van der Waals surface area (Å²) in [4.78, 5) is 71.8. The molecule has 17 nitrogen and oxygen atoms in total. The Bertz CT molecular complexity index is 1550. The fourth-order valence-corrected chi connectivity index (χ4v) is 10.2. The molecule has 78 heavy (non-hydrogen) atoms. The molecule has 0 rings (SSSR count). The van der Waals surface area contributed by atoms with E-state index in [0.29, 0.717) is 25.7 Å². The van der Waals surface area contributed by atoms with Crippen molar-refractivity contribution in [2.24, 2.45) is 11.8 Å². The molecule has 7 atom stereocenters. The van der Waals surface area contributed by atoms with E-state index in [2.05, 4.69) is 41.5 Å². The molecule has 0 spiro atoms. The van der Waals surface area contributed by atoms with Crippen LogP contribution >= 0.6 is 15.6 Å². The topological polar surface area (TPSA) is 237 Å². The number of hydrogen-bond acceptors (Lipinski definition) is 15. The monoisotopic (exact) mass is 1160 g/mol. The van der Waals surface area contributed by atoms with Crippen molar-refractivity contribution in [2.45, 2.75) is 304 Å². The summed E-state index contributed by atoms with van der Waals surface area (Å²) in [6.07, 6.45) is 32.2. The molecule has 0 bridgehead atoms. The van der Waals surface area contributed by atoms with Gasteiger partial charge >= 0.3 is 39.5 Å². The maximum atomic E-state index is 12.9. The van der Waals surface area contributed by atoms with Gasteiger partial charge in [-0.2, -0.15) is 0 Å². The zero-order valence-corrected chi connectivity index (χ0v) is 51.7. The fraction of sp³-hybridized carbons (Fsp3) is 0.932. The van der Waals surface area contributed by atoms with Crippen molar-refractivity contribution >= 4 is 39.5 Å². The van der Waals surface area contributed by atoms with Gasteiger partial charge in [-0.3, -0.25) is 37.3 Å². The molecule has 3 N–H and O–H groups in total. The minimum atomic E-state index is -4.94. The second kappa shape index (κ2) is 51.9. The molecular formula is C59H114O17P2. The normalized spacial score (nSPS) is 15.1. The van der Waals surface area contributed by atoms with Gasteiger partial charge in [-0.25, -0.2) is 9.13 Å². The molecule has 0 aromatic heterocycles. The Morgan fingerprint density at radius 2 is 0.615 bits per heavy atom. The van der Waals surface area contributed by atoms with Gasteiger partial charge in [-0.05, 0) is 37.5 Å². The second-order valence-electron chi connectivity index (χ2n) is 21.9. The predicted octanol–water partition coefficient (Wildman–Crippen LogP) is 15.7. The highest BCUT2D eigenvalue weighted by atomic mass is 31.2. The molecule has 0 aliphatic heterocycles. The molecule has 0 saturated carbocycles. The Morgan fingerprint density at radius 3 is 0.910 bits per heavy atom. The van der Waals surface area contributed by atoms with E-state index in [1.807, 2.05) is 0 Å². The number of aliphatic hydroxyl groups excluding tert-OH is 1. The van der Waals surface area contributed by atoms with E-state index in [-0.39, 0.29) is 25.7 Å². The van der Waals surface area contributed by atoms with E-state index in [9.17, 15) is 43.2 Å². The molecule has 0 aliphatic carbocycles. The van der Waals surface area contributed by atoms with E-state index >= 15 is 0 Å². The van der Waals surface area contributed by atoms with E-state index in [4.69, 9.17) is 37.0 Å². The Hall–Kier alpha value is -1.94. The van der Waals surface area contributed by atoms with Crippen LogP contribution in [0.15, 0.2) is 0 Å². The maximum Gasteiger partial charge on any atom is 0.472 e. The summed E-state index contributed by atoms with van der Waals surface area (Å²) in [6, 6.07) is 0. The van der Waals surface area contributed by atoms with Crippen LogP contribution in [0.4, 0.5) is 0 Å². The lowest BCUT2D eigenvalue weighted by Gasteiger charge is -2.21. The molecule has 0 radical (unpaired) electrons. The first-order valence-corrected chi connectivity index (χ1v) is 34.1. The van der Waals surface area contributed by atoms with Crippen LogP contribution in [-0.4, -0.2) is 96.7 Å². The molecule has 0 amide bonds. The zero-order valence-electron chi connectivity index (χ0n) is 50.0. The molecule has 0 aromatic rings. The lowest BCUT2D eigenvalue weighted by atomic mass is 9.99. The van der Waals surface area contributed by atoms with Crippen LogP contribution < -0.4 is 0 Å². The number of carbonyl (C=O) groups excluding carboxylic acids is 4. The van der Waals surface area contributed by atoms with Crippen LogP contribution in [0.5, 0.6) is 0 Å². The Morgan fingerprint density at radius 1 is 0.359 bits per heavy atom. The number of phosphoric acid groups is 2. The zero-order chi connectivity index (χ0) is 58.0. The van der Waals surface area contributed by atoms with Gasteiger partial charge in [-0.15, -0.1) is 0 Å². The highest BCUT2D eigenvalue weighted by Crippen LogP contribution is 2.45. The van der Waals surface area contributed by atoms with Crippen molar-refractivity contribution in [1.29, 1.82) is 0 Å². The summed E-state index contributed by atoms with van der Waals surface area (Å²) in [7, 11) is -9.87. The number of aliphatic hydroxyl groups is 1. The number of ether oxygens (including phenoxy) is 4. The Balaban J connectivity index is 5.23. The molecule has 0 aromatic carbocycles. The van der Waals surface area contributed by atoms with E-state index < -0.39 is 97.5 Å². The number of carbonyl (C=O) groups is 4. The van der Waals surface area contributed by atoms with Crippen LogP contribution in [0.25, 0.3) is 0 Å². The summed E-state index contributed by atoms with van der Waals surface area (Å²) in [5, 5.41) is 10.5. The number of unbranched alkanes of at least 4 members (excludes halogenated alkanes) is 26. The first kappa shape index (κ1) is 76.1. The molecule has 4 unspecified atom stereocenters. The lowest BCUT2D eigenvalue weighted by molar-refractivity contribution is -0.161. The number of phosphoric ester groups is 2. The van der Waals surface area contributed by atoms with Gasteiger partial charge in [0.05, 0.1) is 26.4 Å². The van der Waals surface area contributed by atoms with Gasteiger partial charge in [0.25, 0.3) is 0 Å². The van der Waals surface area contributed by atoms with Gasteiger partial charge in [0.2, 0.25) is 0 Å². The first-order chi connectivity index (χ1) is 37.4. The van der Waals surface area contributed by atoms with Crippen molar-refractivity contribution in [3.8, 4) is 0 Å². The highest BCUT2D eigenvalue weighted by molar-refractivity contribution is 7.47. The van der Waals surface area contributed by atoms with Crippen LogP contribution in [0.2, 0.25) is 0 Å². The molecule has 462 valence electrons. The van der Waals surface area contributed by atoms with Gasteiger partial charge in [-0.1, -0.05) is 234 Å². The van der Waals surface area contributed by atoms with E-state index in [0.717, 1.165) is 121 Å². The standard InChI is InChI=1S/C59H114O17P2/c1-7-11-13-15-17-18-23-31-37-43-58(63)75-54(47-69-56(61)41-35-29-21-16-14-12-8-2)49-73-77(65,66)71-45-53(60)46-72-78(67,68)74-50-55(48-70-57(62)42-36-30-26-25-28-34-40-52(6)10-4)76-59(64)44-38-32-24-20-19-22-27-33-39-51(5)9-3/h51-55,60H,7-50H2,1-6H3,(H,65,66)(H,67,68)/t51?,52?,53-,54+,55+/m0/s1. The summed E-state index contributed by atoms with van der Waals surface area (Å²) in [5.74, 6) is -0.648. The summed E-state index contributed by atoms with van der Waals surface area (Å²) in [5.41, 5.74) is 0. The Kier molecular flexibility index (Phi) is 50.6. The van der Waals surface area contributed by atoms with Gasteiger partial charge in [0.1, 0.15) is 19.3 Å². The fourth-order valence-electron chi connectivity index (χ4n) is 8.58. The van der Waals surface area contributed by atoms with Crippen LogP contribution in [-0.2, 0) is 65.4 Å². The smallest absolute Gasteiger partial charge is 0.462 e. The summed E-state index contributed by atoms with van der Waals surface area (Å²) in [6.45, 7) is 9.35. The summed E-state index contributed by atoms with van der Waals surface area (Å²) >= 11 is 0. The average molecular weight is 1160 g/mol. The molecular weight excluding hydrogens is 1040 g/mol. The molecule has 0 heterocycles. The third kappa shape index (κ3) is 51.0. The number of rotatable bonds is 58. The third-order valence-electron chi connectivity index (χ3n) is 14.2. The quantitative estimate of drug-likeness (QED) is 0.0222. The molecule has 0 fully saturated rings. The molecule has 0 aliphatic rings. The van der Waals surface area contributed by atoms with Crippen LogP contribution in [0.3, 0.4) is 0 Å². The second-order valence-corrected chi connectivity index (χ2v) is 24.8. The van der Waals surface area contributed by atoms with E-state index in [1.54, 1.807) is 0 Å². The van der Waals surface area contributed by atoms with Crippen LogP contribution in [0.1, 0.15) is 286 Å². The van der Waals surface area contributed by atoms with Crippen molar-refractivity contribution in [3.63, 3.8) is 0 Å². The highest BCUT2D eigenvalue weighted by Gasteiger charge is 2.30. The van der Waals surface area contributed by atoms with Crippen molar-refractivity contribution < 1.29 is 80.2 Å². The first-order valence-electron chi connectivity index (χ1n) is 31.1. The SMILES string of the molecule is CCCCCCCCCCCC(=O)O[C@H](COC(=O)CCCCCCCCC)COP(=O)(O)OC[C@H](O)COP(=O)(O)OC[C@@H](COC(=O)CCCCCCCCC(C)CC)OC(=O)CCCCCCCCCCC(C)CC. The number of hydrogen-bond donors (Lipinski definition) is 3. The van der Waals surface area contributed by atoms with Crippen molar-refractivity contribution in [3.05, 3.63) is 0 Å². The van der Waals surface area contributed by atoms with Crippen LogP contribution in [0, 0.1) is 11.8 Å². The third-order valence-corrected chi connectivity index (χ3v) is 16.1. The Labute approximate surface area is 473 Å². The maximum absolute atomic E-state index is 12.9. The predicted molar refractivity (Wildman–Crippen MR) is 308 cm³/mol. The largest absolute Gasteiger partial charge is 0.472 e. The number of esters is 4. The molecule has 0 saturated heterocycles. The van der Waals surface area contributed by atoms with Gasteiger partial charge in [0.15, 0.2) is 12.2 Å². The van der Waals surface area contributed by atoms with Crippen molar-refractivity contribution in [2.75, 3.05) is 39.6 Å². The summed E-state index contributed by atoms with van der Waals surface area (Å²) < 4.78 is 67.7. The van der Waals surface area contributed by atoms with Gasteiger partial charge < -0.3 is 33.8 Å². The van der Waals surface area contributed by atoms with E-state index in [1.165, 1.54) is 83.5 Å². The van der Waals surface area contributed by atoms with Gasteiger partial charge in [0, 0.05) is 25.7 Å². The lowest BCUT2D eigenvalue weighted by Crippen LogP contribution is -2.30. The van der Waals surface area contributed by atoms with Crippen molar-refractivity contribution in [1.82, 2.24) is 0 Å². The minimum absolute atomic E-state index is 0.104. The average Bonchev–Trinajstić information content (AvgIpc) is 3.41.